The molecule has 2 aliphatic rings. The average molecular weight is 387 g/mol. The maximum Gasteiger partial charge on any atom is 0.136 e. The van der Waals surface area contributed by atoms with Crippen LogP contribution in [-0.4, -0.2) is 28.3 Å². The molecule has 1 saturated heterocycles. The van der Waals surface area contributed by atoms with Crippen LogP contribution in [0.3, 0.4) is 0 Å². The summed E-state index contributed by atoms with van der Waals surface area (Å²) in [6, 6.07) is 11.0. The summed E-state index contributed by atoms with van der Waals surface area (Å²) in [7, 11) is 0. The molecule has 0 spiro atoms. The molecule has 0 radical (unpaired) electrons. The maximum absolute atomic E-state index is 4.94. The van der Waals surface area contributed by atoms with Crippen molar-refractivity contribution in [3.8, 4) is 11.3 Å². The average Bonchev–Trinajstić information content (AvgIpc) is 3.21. The Morgan fingerprint density at radius 2 is 1.93 bits per heavy atom. The van der Waals surface area contributed by atoms with Crippen LogP contribution in [0.25, 0.3) is 17.3 Å². The van der Waals surface area contributed by atoms with E-state index in [0.717, 1.165) is 48.1 Å². The summed E-state index contributed by atoms with van der Waals surface area (Å²) >= 11 is 0. The fourth-order valence-electron chi connectivity index (χ4n) is 4.22. The molecule has 0 bridgehead atoms. The van der Waals surface area contributed by atoms with Crippen molar-refractivity contribution in [2.24, 2.45) is 0 Å². The van der Waals surface area contributed by atoms with Crippen molar-refractivity contribution in [1.82, 2.24) is 25.8 Å². The summed E-state index contributed by atoms with van der Waals surface area (Å²) in [4.78, 5) is 4.94. The van der Waals surface area contributed by atoms with Gasteiger partial charge in [-0.05, 0) is 80.4 Å². The van der Waals surface area contributed by atoms with Gasteiger partial charge in [-0.2, -0.15) is 5.10 Å². The van der Waals surface area contributed by atoms with Crippen molar-refractivity contribution in [3.63, 3.8) is 0 Å². The Kier molecular flexibility index (Phi) is 4.77. The van der Waals surface area contributed by atoms with Gasteiger partial charge in [0.2, 0.25) is 0 Å². The van der Waals surface area contributed by atoms with Crippen molar-refractivity contribution in [2.75, 3.05) is 18.4 Å². The summed E-state index contributed by atoms with van der Waals surface area (Å²) in [5.74, 6) is 1.56. The highest BCUT2D eigenvalue weighted by atomic mass is 15.1. The van der Waals surface area contributed by atoms with Crippen LogP contribution >= 0.6 is 0 Å². The number of rotatable bonds is 4. The summed E-state index contributed by atoms with van der Waals surface area (Å²) in [6.07, 6.45) is 8.36. The number of benzene rings is 1. The molecule has 4 N–H and O–H groups in total. The third-order valence-corrected chi connectivity index (χ3v) is 5.91. The number of aromatic amines is 1. The summed E-state index contributed by atoms with van der Waals surface area (Å²) in [6.45, 7) is 5.01. The molecule has 5 rings (SSSR count). The Morgan fingerprint density at radius 3 is 2.69 bits per heavy atom. The molecule has 6 nitrogen and oxygen atoms in total. The van der Waals surface area contributed by atoms with Crippen LogP contribution in [0.4, 0.5) is 11.5 Å². The molecule has 1 aromatic carbocycles. The smallest absolute Gasteiger partial charge is 0.136 e. The number of aryl methyl sites for hydroxylation is 1. The Bertz CT molecular complexity index is 1030. The number of nitrogens with one attached hydrogen (secondary N) is 4. The minimum atomic E-state index is 0.665. The number of anilines is 2. The standard InChI is InChI=1S/C23H26N6/c1-15-20(14-26-29-15)22-12-18-8-11-25-13-21(18)23(28-22)27-19-4-2-16(3-5-19)17-6-9-24-10-7-17/h2-5,8,11-12,14,17,24-25H,6-7,9-10,13H2,1H3,(H,26,29)(H,27,28). The van der Waals surface area contributed by atoms with Crippen LogP contribution in [0, 0.1) is 6.92 Å². The van der Waals surface area contributed by atoms with Gasteiger partial charge in [-0.15, -0.1) is 0 Å². The molecule has 4 heterocycles. The molecule has 0 unspecified atom stereocenters. The lowest BCUT2D eigenvalue weighted by molar-refractivity contribution is 0.460. The second-order valence-corrected chi connectivity index (χ2v) is 7.82. The molecular formula is C23H26N6. The van der Waals surface area contributed by atoms with Gasteiger partial charge in [-0.3, -0.25) is 5.10 Å². The number of hydrogen-bond acceptors (Lipinski definition) is 5. The van der Waals surface area contributed by atoms with Gasteiger partial charge in [0, 0.05) is 29.1 Å². The lowest BCUT2D eigenvalue weighted by Gasteiger charge is -2.23. The van der Waals surface area contributed by atoms with Gasteiger partial charge in [-0.1, -0.05) is 12.1 Å². The monoisotopic (exact) mass is 386 g/mol. The van der Waals surface area contributed by atoms with E-state index in [2.05, 4.69) is 62.6 Å². The normalized spacial score (nSPS) is 16.3. The summed E-state index contributed by atoms with van der Waals surface area (Å²) in [5.41, 5.74) is 7.84. The van der Waals surface area contributed by atoms with Gasteiger partial charge in [-0.25, -0.2) is 4.98 Å². The summed E-state index contributed by atoms with van der Waals surface area (Å²) < 4.78 is 0. The fraction of sp³-hybridized carbons (Fsp3) is 0.304. The molecule has 0 saturated carbocycles. The number of nitrogens with zero attached hydrogens (tertiary/aromatic N) is 2. The van der Waals surface area contributed by atoms with Crippen LogP contribution in [0.5, 0.6) is 0 Å². The zero-order chi connectivity index (χ0) is 19.6. The highest BCUT2D eigenvalue weighted by molar-refractivity contribution is 5.74. The van der Waals surface area contributed by atoms with Crippen molar-refractivity contribution in [3.05, 3.63) is 65.1 Å². The highest BCUT2D eigenvalue weighted by Gasteiger charge is 2.17. The van der Waals surface area contributed by atoms with E-state index >= 15 is 0 Å². The molecule has 0 amide bonds. The highest BCUT2D eigenvalue weighted by Crippen LogP contribution is 2.32. The van der Waals surface area contributed by atoms with E-state index in [9.17, 15) is 0 Å². The third-order valence-electron chi connectivity index (χ3n) is 5.91. The van der Waals surface area contributed by atoms with E-state index in [4.69, 9.17) is 4.98 Å². The SMILES string of the molecule is Cc1[nH]ncc1-c1cc2c(c(Nc3ccc(C4CCNCC4)cc3)n1)CNC=C2. The largest absolute Gasteiger partial charge is 0.387 e. The van der Waals surface area contributed by atoms with Gasteiger partial charge in [0.25, 0.3) is 0 Å². The first-order valence-electron chi connectivity index (χ1n) is 10.3. The number of pyridine rings is 1. The predicted molar refractivity (Wildman–Crippen MR) is 117 cm³/mol. The zero-order valence-electron chi connectivity index (χ0n) is 16.6. The van der Waals surface area contributed by atoms with Crippen molar-refractivity contribution < 1.29 is 0 Å². The van der Waals surface area contributed by atoms with Crippen LogP contribution in [0.2, 0.25) is 0 Å². The number of H-pyrrole nitrogens is 1. The van der Waals surface area contributed by atoms with Gasteiger partial charge in [0.05, 0.1) is 11.9 Å². The van der Waals surface area contributed by atoms with Crippen LogP contribution in [-0.2, 0) is 6.54 Å². The summed E-state index contributed by atoms with van der Waals surface area (Å²) in [5, 5.41) is 17.5. The van der Waals surface area contributed by atoms with Crippen molar-refractivity contribution >= 4 is 17.6 Å². The number of hydrogen-bond donors (Lipinski definition) is 4. The molecule has 2 aliphatic heterocycles. The van der Waals surface area contributed by atoms with E-state index in [1.165, 1.54) is 29.5 Å². The first-order valence-corrected chi connectivity index (χ1v) is 10.3. The Morgan fingerprint density at radius 1 is 1.10 bits per heavy atom. The van der Waals surface area contributed by atoms with E-state index in [1.54, 1.807) is 0 Å². The number of piperidine rings is 1. The molecule has 0 aliphatic carbocycles. The minimum absolute atomic E-state index is 0.665. The van der Waals surface area contributed by atoms with Crippen molar-refractivity contribution in [1.29, 1.82) is 0 Å². The first kappa shape index (κ1) is 17.9. The van der Waals surface area contributed by atoms with Gasteiger partial charge in [0.1, 0.15) is 5.82 Å². The van der Waals surface area contributed by atoms with E-state index < -0.39 is 0 Å². The molecular weight excluding hydrogens is 360 g/mol. The molecule has 148 valence electrons. The lowest BCUT2D eigenvalue weighted by atomic mass is 9.90. The van der Waals surface area contributed by atoms with Crippen molar-refractivity contribution in [2.45, 2.75) is 32.2 Å². The Balaban J connectivity index is 1.46. The van der Waals surface area contributed by atoms with E-state index in [0.29, 0.717) is 5.92 Å². The lowest BCUT2D eigenvalue weighted by Crippen LogP contribution is -2.26. The Hall–Kier alpha value is -3.12. The first-order chi connectivity index (χ1) is 14.3. The van der Waals surface area contributed by atoms with Gasteiger partial charge < -0.3 is 16.0 Å². The maximum atomic E-state index is 4.94. The predicted octanol–water partition coefficient (Wildman–Crippen LogP) is 4.06. The second-order valence-electron chi connectivity index (χ2n) is 7.82. The molecule has 3 aromatic rings. The topological polar surface area (TPSA) is 77.7 Å². The molecule has 29 heavy (non-hydrogen) atoms. The van der Waals surface area contributed by atoms with Crippen LogP contribution in [0.15, 0.2) is 42.7 Å². The molecule has 2 aromatic heterocycles. The number of fused-ring (bicyclic) bond motifs is 1. The number of aromatic nitrogens is 3. The van der Waals surface area contributed by atoms with Gasteiger partial charge in [0.15, 0.2) is 0 Å². The molecule has 1 fully saturated rings. The molecule has 0 atom stereocenters. The molecule has 6 heteroatoms. The van der Waals surface area contributed by atoms with E-state index in [1.807, 2.05) is 19.3 Å². The fourth-order valence-corrected chi connectivity index (χ4v) is 4.22. The quantitative estimate of drug-likeness (QED) is 0.544. The van der Waals surface area contributed by atoms with Crippen LogP contribution in [0.1, 0.15) is 41.1 Å². The third kappa shape index (κ3) is 3.63. The minimum Gasteiger partial charge on any atom is -0.387 e. The van der Waals surface area contributed by atoms with Crippen LogP contribution < -0.4 is 16.0 Å². The second kappa shape index (κ2) is 7.72. The Labute approximate surface area is 170 Å². The zero-order valence-corrected chi connectivity index (χ0v) is 16.6. The van der Waals surface area contributed by atoms with E-state index in [-0.39, 0.29) is 0 Å². The van der Waals surface area contributed by atoms with Gasteiger partial charge >= 0.3 is 0 Å².